The Morgan fingerprint density at radius 3 is 1.35 bits per heavy atom. The van der Waals surface area contributed by atoms with E-state index < -0.39 is 0 Å². The molecule has 0 aliphatic heterocycles. The summed E-state index contributed by atoms with van der Waals surface area (Å²) in [7, 11) is 0. The second-order valence-corrected chi connectivity index (χ2v) is 11.4. The van der Waals surface area contributed by atoms with Crippen LogP contribution in [0.25, 0.3) is 78.8 Å². The largest absolute Gasteiger partial charge is 0.265 e. The van der Waals surface area contributed by atoms with Crippen LogP contribution in [-0.4, -0.2) is 24.9 Å². The molecule has 0 atom stereocenters. The zero-order chi connectivity index (χ0) is 32.1. The van der Waals surface area contributed by atoms with E-state index in [1.54, 1.807) is 12.4 Å². The molecule has 0 amide bonds. The van der Waals surface area contributed by atoms with Crippen molar-refractivity contribution < 1.29 is 0 Å². The van der Waals surface area contributed by atoms with E-state index in [0.29, 0.717) is 17.5 Å². The molecule has 0 bridgehead atoms. The SMILES string of the molecule is c1ccc(-c2ccc(-c3nc(-c4ccccc4)nc(-c4cccc(-c5cccc(-c6ccc(-c7ccncc7)cn6)c5)c4)n3)cc2)cc1. The maximum Gasteiger partial charge on any atom is 0.164 e. The molecule has 0 unspecified atom stereocenters. The van der Waals surface area contributed by atoms with Crippen molar-refractivity contribution in [2.45, 2.75) is 0 Å². The number of hydrogen-bond acceptors (Lipinski definition) is 5. The van der Waals surface area contributed by atoms with E-state index in [-0.39, 0.29) is 0 Å². The predicted octanol–water partition coefficient (Wildman–Crippen LogP) is 10.3. The molecule has 8 rings (SSSR count). The lowest BCUT2D eigenvalue weighted by Crippen LogP contribution is -2.00. The fourth-order valence-corrected chi connectivity index (χ4v) is 5.77. The lowest BCUT2D eigenvalue weighted by atomic mass is 9.99. The Kier molecular flexibility index (Phi) is 7.83. The van der Waals surface area contributed by atoms with Crippen LogP contribution in [0.4, 0.5) is 0 Å². The summed E-state index contributed by atoms with van der Waals surface area (Å²) in [6.45, 7) is 0. The molecule has 3 heterocycles. The van der Waals surface area contributed by atoms with Gasteiger partial charge >= 0.3 is 0 Å². The molecule has 0 saturated carbocycles. The van der Waals surface area contributed by atoms with E-state index in [2.05, 4.69) is 114 Å². The minimum atomic E-state index is 0.623. The average molecular weight is 616 g/mol. The molecule has 0 aliphatic carbocycles. The molecule has 8 aromatic rings. The van der Waals surface area contributed by atoms with Gasteiger partial charge in [0.1, 0.15) is 0 Å². The summed E-state index contributed by atoms with van der Waals surface area (Å²) in [5, 5.41) is 0. The highest BCUT2D eigenvalue weighted by Gasteiger charge is 2.14. The van der Waals surface area contributed by atoms with Crippen LogP contribution in [0.5, 0.6) is 0 Å². The molecule has 0 radical (unpaired) electrons. The van der Waals surface area contributed by atoms with Gasteiger partial charge < -0.3 is 0 Å². The first-order valence-electron chi connectivity index (χ1n) is 15.8. The van der Waals surface area contributed by atoms with Crippen LogP contribution in [0.15, 0.2) is 176 Å². The fourth-order valence-electron chi connectivity index (χ4n) is 5.77. The normalized spacial score (nSPS) is 10.9. The maximum absolute atomic E-state index is 5.00. The van der Waals surface area contributed by atoms with E-state index in [1.165, 1.54) is 5.56 Å². The fraction of sp³-hybridized carbons (Fsp3) is 0. The van der Waals surface area contributed by atoms with E-state index in [0.717, 1.165) is 55.8 Å². The number of hydrogen-bond donors (Lipinski definition) is 0. The van der Waals surface area contributed by atoms with Crippen molar-refractivity contribution in [3.05, 3.63) is 176 Å². The molecule has 0 aliphatic rings. The third-order valence-electron chi connectivity index (χ3n) is 8.31. The van der Waals surface area contributed by atoms with Gasteiger partial charge in [-0.15, -0.1) is 0 Å². The van der Waals surface area contributed by atoms with Gasteiger partial charge in [-0.25, -0.2) is 15.0 Å². The van der Waals surface area contributed by atoms with Crippen LogP contribution in [0.2, 0.25) is 0 Å². The molecule has 0 spiro atoms. The Morgan fingerprint density at radius 2 is 0.729 bits per heavy atom. The van der Waals surface area contributed by atoms with Crippen molar-refractivity contribution in [3.63, 3.8) is 0 Å². The van der Waals surface area contributed by atoms with Crippen molar-refractivity contribution in [3.8, 4) is 78.8 Å². The summed E-state index contributed by atoms with van der Waals surface area (Å²) < 4.78 is 0. The average Bonchev–Trinajstić information content (AvgIpc) is 3.19. The van der Waals surface area contributed by atoms with Crippen molar-refractivity contribution >= 4 is 0 Å². The number of pyridine rings is 2. The van der Waals surface area contributed by atoms with Crippen LogP contribution in [0.1, 0.15) is 0 Å². The Labute approximate surface area is 279 Å². The van der Waals surface area contributed by atoms with Gasteiger partial charge in [-0.05, 0) is 58.1 Å². The molecule has 5 aromatic carbocycles. The lowest BCUT2D eigenvalue weighted by Gasteiger charge is -2.11. The van der Waals surface area contributed by atoms with Crippen LogP contribution in [0.3, 0.4) is 0 Å². The van der Waals surface area contributed by atoms with Gasteiger partial charge in [-0.3, -0.25) is 9.97 Å². The van der Waals surface area contributed by atoms with Crippen molar-refractivity contribution in [2.24, 2.45) is 0 Å². The molecule has 48 heavy (non-hydrogen) atoms. The lowest BCUT2D eigenvalue weighted by molar-refractivity contribution is 1.07. The molecule has 0 fully saturated rings. The summed E-state index contributed by atoms with van der Waals surface area (Å²) >= 11 is 0. The molecular weight excluding hydrogens is 587 g/mol. The molecule has 0 saturated heterocycles. The van der Waals surface area contributed by atoms with Gasteiger partial charge in [0.2, 0.25) is 0 Å². The van der Waals surface area contributed by atoms with Gasteiger partial charge in [-0.2, -0.15) is 0 Å². The molecule has 5 heteroatoms. The Morgan fingerprint density at radius 1 is 0.292 bits per heavy atom. The van der Waals surface area contributed by atoms with E-state index >= 15 is 0 Å². The van der Waals surface area contributed by atoms with Gasteiger partial charge in [0.05, 0.1) is 5.69 Å². The first-order valence-corrected chi connectivity index (χ1v) is 15.8. The van der Waals surface area contributed by atoms with Crippen molar-refractivity contribution in [2.75, 3.05) is 0 Å². The second-order valence-electron chi connectivity index (χ2n) is 11.4. The summed E-state index contributed by atoms with van der Waals surface area (Å²) in [6, 6.07) is 53.8. The van der Waals surface area contributed by atoms with Gasteiger partial charge in [0, 0.05) is 46.4 Å². The second kappa shape index (κ2) is 13.0. The van der Waals surface area contributed by atoms with Crippen molar-refractivity contribution in [1.29, 1.82) is 0 Å². The summed E-state index contributed by atoms with van der Waals surface area (Å²) in [4.78, 5) is 23.8. The van der Waals surface area contributed by atoms with E-state index in [9.17, 15) is 0 Å². The smallest absolute Gasteiger partial charge is 0.164 e. The Balaban J connectivity index is 1.14. The molecule has 0 N–H and O–H groups in total. The molecule has 5 nitrogen and oxygen atoms in total. The predicted molar refractivity (Wildman–Crippen MR) is 193 cm³/mol. The maximum atomic E-state index is 5.00. The number of nitrogens with zero attached hydrogens (tertiary/aromatic N) is 5. The van der Waals surface area contributed by atoms with Crippen molar-refractivity contribution in [1.82, 2.24) is 24.9 Å². The third-order valence-corrected chi connectivity index (χ3v) is 8.31. The van der Waals surface area contributed by atoms with Gasteiger partial charge in [0.25, 0.3) is 0 Å². The summed E-state index contributed by atoms with van der Waals surface area (Å²) in [6.07, 6.45) is 5.50. The monoisotopic (exact) mass is 615 g/mol. The van der Waals surface area contributed by atoms with E-state index in [1.807, 2.05) is 54.7 Å². The summed E-state index contributed by atoms with van der Waals surface area (Å²) in [5.41, 5.74) is 11.4. The third kappa shape index (κ3) is 6.13. The first kappa shape index (κ1) is 28.9. The highest BCUT2D eigenvalue weighted by atomic mass is 15.0. The molecular formula is C43H29N5. The topological polar surface area (TPSA) is 64.5 Å². The van der Waals surface area contributed by atoms with Crippen LogP contribution >= 0.6 is 0 Å². The zero-order valence-corrected chi connectivity index (χ0v) is 26.0. The minimum Gasteiger partial charge on any atom is -0.265 e. The van der Waals surface area contributed by atoms with Gasteiger partial charge in [-0.1, -0.05) is 127 Å². The quantitative estimate of drug-likeness (QED) is 0.178. The standard InChI is InChI=1S/C43H29N5/c1-3-9-30(10-4-1)31-17-19-34(20-18-31)42-46-41(33-11-5-2-6-12-33)47-43(48-42)38-16-8-14-36(28-38)35-13-7-15-37(27-35)40-22-21-39(29-45-40)32-23-25-44-26-24-32/h1-29H. The highest BCUT2D eigenvalue weighted by Crippen LogP contribution is 2.31. The molecule has 3 aromatic heterocycles. The van der Waals surface area contributed by atoms with Crippen LogP contribution in [0, 0.1) is 0 Å². The molecule has 226 valence electrons. The number of benzene rings is 5. The van der Waals surface area contributed by atoms with Crippen LogP contribution in [-0.2, 0) is 0 Å². The zero-order valence-electron chi connectivity index (χ0n) is 26.0. The highest BCUT2D eigenvalue weighted by molar-refractivity contribution is 5.77. The minimum absolute atomic E-state index is 0.623. The van der Waals surface area contributed by atoms with Gasteiger partial charge in [0.15, 0.2) is 17.5 Å². The number of aromatic nitrogens is 5. The summed E-state index contributed by atoms with van der Waals surface area (Å²) in [5.74, 6) is 1.89. The number of rotatable bonds is 7. The Hall–Kier alpha value is -6.59. The van der Waals surface area contributed by atoms with E-state index in [4.69, 9.17) is 19.9 Å². The van der Waals surface area contributed by atoms with Crippen LogP contribution < -0.4 is 0 Å². The Bertz CT molecular complexity index is 2300. The first-order chi connectivity index (χ1) is 23.8.